The van der Waals surface area contributed by atoms with Crippen LogP contribution >= 0.6 is 0 Å². The van der Waals surface area contributed by atoms with Gasteiger partial charge < -0.3 is 24.2 Å². The summed E-state index contributed by atoms with van der Waals surface area (Å²) in [5.74, 6) is 1.51. The maximum absolute atomic E-state index is 13.2. The highest BCUT2D eigenvalue weighted by Gasteiger charge is 2.32. The zero-order chi connectivity index (χ0) is 21.8. The van der Waals surface area contributed by atoms with E-state index in [1.54, 1.807) is 42.3 Å². The molecule has 1 aliphatic heterocycles. The number of hydrogen-bond donors (Lipinski definition) is 1. The molecule has 2 aromatic carbocycles. The van der Waals surface area contributed by atoms with E-state index in [-0.39, 0.29) is 17.9 Å². The molecule has 1 fully saturated rings. The van der Waals surface area contributed by atoms with E-state index in [4.69, 9.17) is 14.0 Å². The molecular formula is C22H23FN4O4. The summed E-state index contributed by atoms with van der Waals surface area (Å²) in [6.45, 7) is 0.559. The van der Waals surface area contributed by atoms with Gasteiger partial charge in [0.1, 0.15) is 23.4 Å². The van der Waals surface area contributed by atoms with Crippen LogP contribution < -0.4 is 14.8 Å². The van der Waals surface area contributed by atoms with Gasteiger partial charge in [-0.3, -0.25) is 0 Å². The Kier molecular flexibility index (Phi) is 6.01. The van der Waals surface area contributed by atoms with E-state index in [1.165, 1.54) is 19.2 Å². The van der Waals surface area contributed by atoms with Crippen molar-refractivity contribution < 1.29 is 23.2 Å². The first-order valence-corrected chi connectivity index (χ1v) is 9.98. The van der Waals surface area contributed by atoms with Crippen molar-refractivity contribution in [1.82, 2.24) is 15.0 Å². The standard InChI is InChI=1S/C22H23FN4O4/c1-29-16-10-11-17(19(13-16)30-2)24-22(28)27-12-4-3-5-18(27)21-25-20(26-31-21)14-6-8-15(23)9-7-14/h6-11,13,18H,3-5,12H2,1-2H3,(H,24,28). The van der Waals surface area contributed by atoms with Gasteiger partial charge in [0.25, 0.3) is 0 Å². The molecule has 31 heavy (non-hydrogen) atoms. The van der Waals surface area contributed by atoms with E-state index in [1.807, 2.05) is 0 Å². The number of halogens is 1. The number of urea groups is 1. The van der Waals surface area contributed by atoms with E-state index in [9.17, 15) is 9.18 Å². The largest absolute Gasteiger partial charge is 0.497 e. The fourth-order valence-electron chi connectivity index (χ4n) is 3.61. The van der Waals surface area contributed by atoms with Crippen molar-refractivity contribution in [2.75, 3.05) is 26.1 Å². The van der Waals surface area contributed by atoms with Crippen LogP contribution in [0.15, 0.2) is 47.0 Å². The number of rotatable bonds is 5. The first kappa shape index (κ1) is 20.6. The molecule has 4 rings (SSSR count). The quantitative estimate of drug-likeness (QED) is 0.639. The first-order valence-electron chi connectivity index (χ1n) is 9.98. The molecule has 1 aromatic heterocycles. The lowest BCUT2D eigenvalue weighted by Gasteiger charge is -2.33. The van der Waals surface area contributed by atoms with Crippen molar-refractivity contribution in [3.8, 4) is 22.9 Å². The van der Waals surface area contributed by atoms with Crippen LogP contribution in [0.25, 0.3) is 11.4 Å². The molecule has 1 atom stereocenters. The lowest BCUT2D eigenvalue weighted by molar-refractivity contribution is 0.142. The maximum Gasteiger partial charge on any atom is 0.322 e. The summed E-state index contributed by atoms with van der Waals surface area (Å²) in [6, 6.07) is 10.4. The first-order chi connectivity index (χ1) is 15.1. The maximum atomic E-state index is 13.2. The monoisotopic (exact) mass is 426 g/mol. The molecule has 1 saturated heterocycles. The highest BCUT2D eigenvalue weighted by molar-refractivity contribution is 5.91. The number of carbonyl (C=O) groups excluding carboxylic acids is 1. The SMILES string of the molecule is COc1ccc(NC(=O)N2CCCCC2c2nc(-c3ccc(F)cc3)no2)c(OC)c1. The Hall–Kier alpha value is -3.62. The Bertz CT molecular complexity index is 1050. The number of likely N-dealkylation sites (tertiary alicyclic amines) is 1. The van der Waals surface area contributed by atoms with Crippen molar-refractivity contribution in [3.63, 3.8) is 0 Å². The van der Waals surface area contributed by atoms with Crippen molar-refractivity contribution >= 4 is 11.7 Å². The molecule has 2 heterocycles. The van der Waals surface area contributed by atoms with Gasteiger partial charge in [-0.2, -0.15) is 4.98 Å². The number of amides is 2. The number of hydrogen-bond acceptors (Lipinski definition) is 6. The number of anilines is 1. The summed E-state index contributed by atoms with van der Waals surface area (Å²) < 4.78 is 29.2. The van der Waals surface area contributed by atoms with E-state index >= 15 is 0 Å². The molecule has 2 amide bonds. The summed E-state index contributed by atoms with van der Waals surface area (Å²) in [7, 11) is 3.10. The van der Waals surface area contributed by atoms with Crippen LogP contribution in [0.5, 0.6) is 11.5 Å². The van der Waals surface area contributed by atoms with Gasteiger partial charge in [-0.15, -0.1) is 0 Å². The lowest BCUT2D eigenvalue weighted by atomic mass is 10.0. The fourth-order valence-corrected chi connectivity index (χ4v) is 3.61. The van der Waals surface area contributed by atoms with Crippen LogP contribution in [0.1, 0.15) is 31.2 Å². The molecule has 1 aliphatic rings. The summed E-state index contributed by atoms with van der Waals surface area (Å²) >= 11 is 0. The number of carbonyl (C=O) groups is 1. The topological polar surface area (TPSA) is 89.7 Å². The van der Waals surface area contributed by atoms with Crippen LogP contribution in [0.3, 0.4) is 0 Å². The Morgan fingerprint density at radius 1 is 1.16 bits per heavy atom. The lowest BCUT2D eigenvalue weighted by Crippen LogP contribution is -2.41. The predicted octanol–water partition coefficient (Wildman–Crippen LogP) is 4.65. The zero-order valence-electron chi connectivity index (χ0n) is 17.3. The minimum Gasteiger partial charge on any atom is -0.497 e. The number of benzene rings is 2. The Morgan fingerprint density at radius 2 is 1.97 bits per heavy atom. The van der Waals surface area contributed by atoms with Crippen LogP contribution in [-0.4, -0.2) is 41.8 Å². The highest BCUT2D eigenvalue weighted by atomic mass is 19.1. The third kappa shape index (κ3) is 4.45. The number of methoxy groups -OCH3 is 2. The Labute approximate surface area is 179 Å². The summed E-state index contributed by atoms with van der Waals surface area (Å²) in [4.78, 5) is 19.2. The van der Waals surface area contributed by atoms with Crippen LogP contribution in [0.4, 0.5) is 14.9 Å². The van der Waals surface area contributed by atoms with Gasteiger partial charge in [-0.1, -0.05) is 5.16 Å². The molecule has 0 bridgehead atoms. The van der Waals surface area contributed by atoms with Gasteiger partial charge in [0.2, 0.25) is 11.7 Å². The van der Waals surface area contributed by atoms with Gasteiger partial charge >= 0.3 is 6.03 Å². The fraction of sp³-hybridized carbons (Fsp3) is 0.318. The second kappa shape index (κ2) is 9.03. The average molecular weight is 426 g/mol. The number of nitrogens with zero attached hydrogens (tertiary/aromatic N) is 3. The van der Waals surface area contributed by atoms with E-state index in [2.05, 4.69) is 15.5 Å². The normalized spacial score (nSPS) is 16.1. The molecule has 0 radical (unpaired) electrons. The molecular weight excluding hydrogens is 403 g/mol. The summed E-state index contributed by atoms with van der Waals surface area (Å²) in [5, 5.41) is 6.92. The molecule has 8 nitrogen and oxygen atoms in total. The van der Waals surface area contributed by atoms with Crippen molar-refractivity contribution in [2.45, 2.75) is 25.3 Å². The summed E-state index contributed by atoms with van der Waals surface area (Å²) in [5.41, 5.74) is 1.18. The number of piperidine rings is 1. The minimum absolute atomic E-state index is 0.283. The molecule has 0 spiro atoms. The average Bonchev–Trinajstić information content (AvgIpc) is 3.30. The minimum atomic E-state index is -0.348. The molecule has 0 saturated carbocycles. The predicted molar refractivity (Wildman–Crippen MR) is 112 cm³/mol. The van der Waals surface area contributed by atoms with Crippen molar-refractivity contribution in [2.24, 2.45) is 0 Å². The third-order valence-corrected chi connectivity index (χ3v) is 5.24. The Balaban J connectivity index is 1.54. The van der Waals surface area contributed by atoms with E-state index in [0.29, 0.717) is 47.4 Å². The number of ether oxygens (including phenoxy) is 2. The van der Waals surface area contributed by atoms with Gasteiger partial charge in [0, 0.05) is 18.2 Å². The van der Waals surface area contributed by atoms with Crippen LogP contribution in [0, 0.1) is 5.82 Å². The van der Waals surface area contributed by atoms with E-state index < -0.39 is 0 Å². The number of aromatic nitrogens is 2. The second-order valence-electron chi connectivity index (χ2n) is 7.16. The highest BCUT2D eigenvalue weighted by Crippen LogP contribution is 2.33. The van der Waals surface area contributed by atoms with E-state index in [0.717, 1.165) is 12.8 Å². The molecule has 162 valence electrons. The smallest absolute Gasteiger partial charge is 0.322 e. The van der Waals surface area contributed by atoms with Crippen molar-refractivity contribution in [1.29, 1.82) is 0 Å². The van der Waals surface area contributed by atoms with Gasteiger partial charge in [0.05, 0.1) is 19.9 Å². The molecule has 1 N–H and O–H groups in total. The van der Waals surface area contributed by atoms with Gasteiger partial charge in [-0.05, 0) is 55.7 Å². The van der Waals surface area contributed by atoms with Gasteiger partial charge in [0.15, 0.2) is 0 Å². The molecule has 1 unspecified atom stereocenters. The van der Waals surface area contributed by atoms with Gasteiger partial charge in [-0.25, -0.2) is 9.18 Å². The van der Waals surface area contributed by atoms with Crippen LogP contribution in [-0.2, 0) is 0 Å². The second-order valence-corrected chi connectivity index (χ2v) is 7.16. The molecule has 0 aliphatic carbocycles. The molecule has 9 heteroatoms. The molecule has 3 aromatic rings. The Morgan fingerprint density at radius 3 is 2.71 bits per heavy atom. The van der Waals surface area contributed by atoms with Crippen LogP contribution in [0.2, 0.25) is 0 Å². The number of nitrogens with one attached hydrogen (secondary N) is 1. The van der Waals surface area contributed by atoms with Crippen molar-refractivity contribution in [3.05, 3.63) is 54.2 Å². The zero-order valence-corrected chi connectivity index (χ0v) is 17.3. The summed E-state index contributed by atoms with van der Waals surface area (Å²) in [6.07, 6.45) is 2.52. The third-order valence-electron chi connectivity index (χ3n) is 5.24.